The van der Waals surface area contributed by atoms with Crippen molar-refractivity contribution in [3.63, 3.8) is 0 Å². The monoisotopic (exact) mass is 359 g/mol. The summed E-state index contributed by atoms with van der Waals surface area (Å²) in [4.78, 5) is 14.4. The Kier molecular flexibility index (Phi) is 4.93. The summed E-state index contributed by atoms with van der Waals surface area (Å²) in [5, 5.41) is 12.4. The van der Waals surface area contributed by atoms with E-state index in [0.29, 0.717) is 28.4 Å². The van der Waals surface area contributed by atoms with Crippen LogP contribution in [0.1, 0.15) is 5.82 Å². The normalized spacial score (nSPS) is 10.7. The lowest BCUT2D eigenvalue weighted by Gasteiger charge is -2.11. The minimum Gasteiger partial charge on any atom is -0.494 e. The van der Waals surface area contributed by atoms with Gasteiger partial charge in [-0.1, -0.05) is 23.9 Å². The lowest BCUT2D eigenvalue weighted by atomic mass is 10.3. The molecule has 0 aliphatic heterocycles. The molecule has 0 radical (unpaired) electrons. The SMILES string of the molecule is COc1ccccc1-n1nnnc1SCc1nc(N)nc(N(C)C)n1. The van der Waals surface area contributed by atoms with Crippen LogP contribution >= 0.6 is 11.8 Å². The zero-order valence-electron chi connectivity index (χ0n) is 14.0. The Hall–Kier alpha value is -2.95. The quantitative estimate of drug-likeness (QED) is 0.632. The van der Waals surface area contributed by atoms with E-state index < -0.39 is 0 Å². The van der Waals surface area contributed by atoms with Gasteiger partial charge in [-0.2, -0.15) is 19.6 Å². The number of rotatable bonds is 6. The maximum Gasteiger partial charge on any atom is 0.229 e. The number of ether oxygens (including phenoxy) is 1. The molecule has 2 heterocycles. The second-order valence-corrected chi connectivity index (χ2v) is 6.08. The number of benzene rings is 1. The average molecular weight is 359 g/mol. The van der Waals surface area contributed by atoms with Gasteiger partial charge in [0.2, 0.25) is 17.1 Å². The first-order chi connectivity index (χ1) is 12.1. The van der Waals surface area contributed by atoms with Crippen molar-refractivity contribution in [3.05, 3.63) is 30.1 Å². The number of hydrogen-bond donors (Lipinski definition) is 1. The molecule has 11 heteroatoms. The summed E-state index contributed by atoms with van der Waals surface area (Å²) in [6.07, 6.45) is 0. The van der Waals surface area contributed by atoms with Crippen LogP contribution in [0.3, 0.4) is 0 Å². The molecule has 2 N–H and O–H groups in total. The number of nitrogens with zero attached hydrogens (tertiary/aromatic N) is 8. The zero-order chi connectivity index (χ0) is 17.8. The summed E-state index contributed by atoms with van der Waals surface area (Å²) in [5.41, 5.74) is 6.50. The van der Waals surface area contributed by atoms with Gasteiger partial charge in [0, 0.05) is 14.1 Å². The van der Waals surface area contributed by atoms with Crippen molar-refractivity contribution in [2.45, 2.75) is 10.9 Å². The van der Waals surface area contributed by atoms with E-state index in [4.69, 9.17) is 10.5 Å². The third-order valence-electron chi connectivity index (χ3n) is 3.17. The summed E-state index contributed by atoms with van der Waals surface area (Å²) < 4.78 is 6.98. The van der Waals surface area contributed by atoms with Crippen LogP contribution in [-0.4, -0.2) is 56.4 Å². The van der Waals surface area contributed by atoms with Gasteiger partial charge >= 0.3 is 0 Å². The Morgan fingerprint density at radius 3 is 2.76 bits per heavy atom. The number of para-hydroxylation sites is 2. The number of hydrogen-bond acceptors (Lipinski definition) is 10. The highest BCUT2D eigenvalue weighted by molar-refractivity contribution is 7.98. The highest BCUT2D eigenvalue weighted by atomic mass is 32.2. The molecule has 0 fully saturated rings. The Morgan fingerprint density at radius 2 is 2.00 bits per heavy atom. The summed E-state index contributed by atoms with van der Waals surface area (Å²) in [7, 11) is 5.29. The lowest BCUT2D eigenvalue weighted by Crippen LogP contribution is -2.16. The number of thioether (sulfide) groups is 1. The van der Waals surface area contributed by atoms with Gasteiger partial charge in [0.15, 0.2) is 0 Å². The predicted molar refractivity (Wildman–Crippen MR) is 93.8 cm³/mol. The maximum atomic E-state index is 5.74. The first-order valence-corrected chi connectivity index (χ1v) is 8.29. The van der Waals surface area contributed by atoms with Crippen LogP contribution in [0.15, 0.2) is 29.4 Å². The van der Waals surface area contributed by atoms with Crippen molar-refractivity contribution >= 4 is 23.7 Å². The van der Waals surface area contributed by atoms with Crippen LogP contribution in [0.2, 0.25) is 0 Å². The molecule has 25 heavy (non-hydrogen) atoms. The molecule has 0 aliphatic carbocycles. The van der Waals surface area contributed by atoms with E-state index in [1.165, 1.54) is 11.8 Å². The molecule has 0 saturated carbocycles. The van der Waals surface area contributed by atoms with Crippen molar-refractivity contribution in [1.82, 2.24) is 35.2 Å². The van der Waals surface area contributed by atoms with Crippen LogP contribution in [-0.2, 0) is 5.75 Å². The summed E-state index contributed by atoms with van der Waals surface area (Å²) >= 11 is 1.39. The molecule has 0 spiro atoms. The topological polar surface area (TPSA) is 121 Å². The van der Waals surface area contributed by atoms with E-state index in [2.05, 4.69) is 30.5 Å². The molecule has 3 aromatic rings. The first-order valence-electron chi connectivity index (χ1n) is 7.31. The minimum absolute atomic E-state index is 0.179. The number of anilines is 2. The molecule has 0 amide bonds. The second kappa shape index (κ2) is 7.30. The van der Waals surface area contributed by atoms with E-state index in [1.807, 2.05) is 38.4 Å². The van der Waals surface area contributed by atoms with Crippen molar-refractivity contribution < 1.29 is 4.74 Å². The van der Waals surface area contributed by atoms with E-state index in [9.17, 15) is 0 Å². The van der Waals surface area contributed by atoms with Crippen LogP contribution in [0.25, 0.3) is 5.69 Å². The Bertz CT molecular complexity index is 867. The van der Waals surface area contributed by atoms with Crippen molar-refractivity contribution in [1.29, 1.82) is 0 Å². The van der Waals surface area contributed by atoms with Crippen LogP contribution in [0.4, 0.5) is 11.9 Å². The molecule has 0 atom stereocenters. The molecule has 0 unspecified atom stereocenters. The first kappa shape index (κ1) is 16.9. The van der Waals surface area contributed by atoms with Gasteiger partial charge in [-0.3, -0.25) is 0 Å². The van der Waals surface area contributed by atoms with Crippen LogP contribution < -0.4 is 15.4 Å². The van der Waals surface area contributed by atoms with Crippen LogP contribution in [0, 0.1) is 0 Å². The predicted octanol–water partition coefficient (Wildman–Crippen LogP) is 0.796. The highest BCUT2D eigenvalue weighted by Gasteiger charge is 2.14. The van der Waals surface area contributed by atoms with Crippen LogP contribution in [0.5, 0.6) is 5.75 Å². The van der Waals surface area contributed by atoms with Crippen molar-refractivity contribution in [2.75, 3.05) is 31.8 Å². The third kappa shape index (κ3) is 3.76. The number of nitrogen functional groups attached to an aromatic ring is 1. The van der Waals surface area contributed by atoms with Gasteiger partial charge in [-0.25, -0.2) is 0 Å². The highest BCUT2D eigenvalue weighted by Crippen LogP contribution is 2.26. The van der Waals surface area contributed by atoms with E-state index >= 15 is 0 Å². The number of aromatic nitrogens is 7. The fraction of sp³-hybridized carbons (Fsp3) is 0.286. The van der Waals surface area contributed by atoms with Gasteiger partial charge in [-0.15, -0.1) is 5.10 Å². The molecular weight excluding hydrogens is 342 g/mol. The van der Waals surface area contributed by atoms with Gasteiger partial charge in [-0.05, 0) is 22.6 Å². The summed E-state index contributed by atoms with van der Waals surface area (Å²) in [6.45, 7) is 0. The summed E-state index contributed by atoms with van der Waals surface area (Å²) in [6, 6.07) is 7.51. The zero-order valence-corrected chi connectivity index (χ0v) is 14.8. The largest absolute Gasteiger partial charge is 0.494 e. The molecule has 0 aliphatic rings. The van der Waals surface area contributed by atoms with Gasteiger partial charge in [0.25, 0.3) is 0 Å². The molecule has 2 aromatic heterocycles. The van der Waals surface area contributed by atoms with Gasteiger partial charge in [0.05, 0.1) is 12.9 Å². The van der Waals surface area contributed by atoms with Crippen molar-refractivity contribution in [2.24, 2.45) is 0 Å². The molecule has 10 nitrogen and oxygen atoms in total. The summed E-state index contributed by atoms with van der Waals surface area (Å²) in [5.74, 6) is 2.36. The molecular formula is C14H17N9OS. The Morgan fingerprint density at radius 1 is 1.20 bits per heavy atom. The fourth-order valence-electron chi connectivity index (χ4n) is 2.04. The van der Waals surface area contributed by atoms with Gasteiger partial charge < -0.3 is 15.4 Å². The Labute approximate surface area is 148 Å². The fourth-order valence-corrected chi connectivity index (χ4v) is 2.78. The number of nitrogens with two attached hydrogens (primary N) is 1. The van der Waals surface area contributed by atoms with Gasteiger partial charge in [0.1, 0.15) is 17.3 Å². The molecule has 130 valence electrons. The average Bonchev–Trinajstić information content (AvgIpc) is 3.07. The lowest BCUT2D eigenvalue weighted by molar-refractivity contribution is 0.410. The van der Waals surface area contributed by atoms with Crippen molar-refractivity contribution in [3.8, 4) is 11.4 Å². The smallest absolute Gasteiger partial charge is 0.229 e. The number of tetrazole rings is 1. The molecule has 3 rings (SSSR count). The minimum atomic E-state index is 0.179. The third-order valence-corrected chi connectivity index (χ3v) is 4.09. The second-order valence-electron chi connectivity index (χ2n) is 5.14. The Balaban J connectivity index is 1.83. The molecule has 0 saturated heterocycles. The van der Waals surface area contributed by atoms with E-state index in [0.717, 1.165) is 5.69 Å². The molecule has 0 bridgehead atoms. The van der Waals surface area contributed by atoms with E-state index in [-0.39, 0.29) is 5.95 Å². The van der Waals surface area contributed by atoms with E-state index in [1.54, 1.807) is 16.7 Å². The number of methoxy groups -OCH3 is 1. The molecule has 1 aromatic carbocycles. The standard InChI is InChI=1S/C14H17N9OS/c1-22(2)13-17-11(16-12(15)18-13)8-25-14-19-20-21-23(14)9-6-4-5-7-10(9)24-3/h4-7H,8H2,1-3H3,(H2,15,16,17,18). The maximum absolute atomic E-state index is 5.74.